The molecule has 7 heteroatoms. The number of ether oxygens (including phenoxy) is 1. The maximum Gasteiger partial charge on any atom is 0.331 e. The number of nitrogens with one attached hydrogen (secondary N) is 1. The highest BCUT2D eigenvalue weighted by Crippen LogP contribution is 2.15. The number of hydrogen-bond acceptors (Lipinski definition) is 5. The fraction of sp³-hybridized carbons (Fsp3) is 0.368. The van der Waals surface area contributed by atoms with Crippen molar-refractivity contribution in [3.63, 3.8) is 0 Å². The second-order valence-corrected chi connectivity index (χ2v) is 6.33. The van der Waals surface area contributed by atoms with Gasteiger partial charge in [-0.05, 0) is 44.2 Å². The van der Waals surface area contributed by atoms with Crippen LogP contribution in [-0.2, 0) is 14.3 Å². The van der Waals surface area contributed by atoms with Gasteiger partial charge >= 0.3 is 5.97 Å². The molecule has 1 aromatic heterocycles. The van der Waals surface area contributed by atoms with Crippen molar-refractivity contribution in [2.24, 2.45) is 5.92 Å². The number of carbonyl (C=O) groups is 3. The van der Waals surface area contributed by atoms with Gasteiger partial charge < -0.3 is 10.1 Å². The minimum absolute atomic E-state index is 0.0982. The third-order valence-corrected chi connectivity index (χ3v) is 3.89. The molecule has 2 rings (SSSR count). The second-order valence-electron chi connectivity index (χ2n) is 6.33. The number of aromatic nitrogens is 2. The minimum atomic E-state index is -0.920. The van der Waals surface area contributed by atoms with Crippen LogP contribution in [0, 0.1) is 5.92 Å². The average Bonchev–Trinajstić information content (AvgIpc) is 3.15. The molecule has 0 aliphatic heterocycles. The second kappa shape index (κ2) is 8.42. The summed E-state index contributed by atoms with van der Waals surface area (Å²) in [6, 6.07) is 7.58. The lowest BCUT2D eigenvalue weighted by molar-refractivity contribution is -0.150. The van der Waals surface area contributed by atoms with Crippen LogP contribution in [0.25, 0.3) is 0 Å². The molecule has 0 fully saturated rings. The maximum absolute atomic E-state index is 12.4. The first kappa shape index (κ1) is 19.4. The summed E-state index contributed by atoms with van der Waals surface area (Å²) in [7, 11) is 0. The maximum atomic E-state index is 12.4. The SMILES string of the molecule is CC(C)C(=O)Nc1ccc(C(=O)[C@H](C)OC(=O)[C@H](C)n2cccn2)cc1. The van der Waals surface area contributed by atoms with E-state index in [2.05, 4.69) is 10.4 Å². The molecule has 0 saturated heterocycles. The fourth-order valence-corrected chi connectivity index (χ4v) is 2.18. The highest BCUT2D eigenvalue weighted by atomic mass is 16.5. The van der Waals surface area contributed by atoms with Crippen LogP contribution in [0.4, 0.5) is 5.69 Å². The molecule has 1 amide bonds. The Bertz CT molecular complexity index is 767. The minimum Gasteiger partial charge on any atom is -0.453 e. The summed E-state index contributed by atoms with van der Waals surface area (Å²) in [6.07, 6.45) is 2.30. The van der Waals surface area contributed by atoms with Gasteiger partial charge in [0.05, 0.1) is 0 Å². The molecule has 2 aromatic rings. The van der Waals surface area contributed by atoms with Crippen LogP contribution in [-0.4, -0.2) is 33.5 Å². The number of amides is 1. The number of hydrogen-bond donors (Lipinski definition) is 1. The van der Waals surface area contributed by atoms with Crippen molar-refractivity contribution in [3.8, 4) is 0 Å². The van der Waals surface area contributed by atoms with Gasteiger partial charge in [0.2, 0.25) is 11.7 Å². The van der Waals surface area contributed by atoms with Crippen LogP contribution in [0.1, 0.15) is 44.1 Å². The molecule has 1 N–H and O–H groups in total. The molecule has 0 aliphatic carbocycles. The van der Waals surface area contributed by atoms with E-state index in [1.54, 1.807) is 63.5 Å². The number of benzene rings is 1. The van der Waals surface area contributed by atoms with Gasteiger partial charge in [-0.2, -0.15) is 5.10 Å². The van der Waals surface area contributed by atoms with Gasteiger partial charge in [-0.1, -0.05) is 13.8 Å². The number of carbonyl (C=O) groups excluding carboxylic acids is 3. The van der Waals surface area contributed by atoms with Gasteiger partial charge in [-0.15, -0.1) is 0 Å². The van der Waals surface area contributed by atoms with Crippen LogP contribution >= 0.6 is 0 Å². The van der Waals surface area contributed by atoms with Gasteiger partial charge in [0.15, 0.2) is 6.10 Å². The smallest absolute Gasteiger partial charge is 0.331 e. The van der Waals surface area contributed by atoms with Gasteiger partial charge in [0.25, 0.3) is 0 Å². The topological polar surface area (TPSA) is 90.3 Å². The predicted octanol–water partition coefficient (Wildman–Crippen LogP) is 2.85. The van der Waals surface area contributed by atoms with E-state index in [1.165, 1.54) is 11.6 Å². The monoisotopic (exact) mass is 357 g/mol. The van der Waals surface area contributed by atoms with E-state index in [0.29, 0.717) is 11.3 Å². The Balaban J connectivity index is 1.97. The van der Waals surface area contributed by atoms with E-state index in [1.807, 2.05) is 0 Å². The largest absolute Gasteiger partial charge is 0.453 e. The predicted molar refractivity (Wildman–Crippen MR) is 96.7 cm³/mol. The van der Waals surface area contributed by atoms with Gasteiger partial charge in [-0.25, -0.2) is 4.79 Å². The molecule has 0 spiro atoms. The van der Waals surface area contributed by atoms with E-state index < -0.39 is 18.1 Å². The molecule has 0 bridgehead atoms. The number of nitrogens with zero attached hydrogens (tertiary/aromatic N) is 2. The van der Waals surface area contributed by atoms with Gasteiger partial charge in [0.1, 0.15) is 6.04 Å². The molecule has 7 nitrogen and oxygen atoms in total. The van der Waals surface area contributed by atoms with Crippen molar-refractivity contribution in [3.05, 3.63) is 48.3 Å². The first-order chi connectivity index (χ1) is 12.3. The zero-order valence-electron chi connectivity index (χ0n) is 15.3. The van der Waals surface area contributed by atoms with E-state index in [4.69, 9.17) is 4.74 Å². The van der Waals surface area contributed by atoms with Gasteiger partial charge in [0, 0.05) is 29.6 Å². The molecule has 0 radical (unpaired) electrons. The van der Waals surface area contributed by atoms with E-state index >= 15 is 0 Å². The number of anilines is 1. The summed E-state index contributed by atoms with van der Waals surface area (Å²) in [5.41, 5.74) is 1.01. The number of esters is 1. The lowest BCUT2D eigenvalue weighted by atomic mass is 10.1. The molecule has 2 atom stereocenters. The Morgan fingerprint density at radius 1 is 1.08 bits per heavy atom. The lowest BCUT2D eigenvalue weighted by Crippen LogP contribution is -2.28. The highest BCUT2D eigenvalue weighted by molar-refractivity contribution is 6.01. The number of ketones is 1. The first-order valence-corrected chi connectivity index (χ1v) is 8.44. The molecular weight excluding hydrogens is 334 g/mol. The van der Waals surface area contributed by atoms with Crippen LogP contribution in [0.15, 0.2) is 42.7 Å². The summed E-state index contributed by atoms with van der Waals surface area (Å²) in [4.78, 5) is 36.3. The quantitative estimate of drug-likeness (QED) is 0.608. The average molecular weight is 357 g/mol. The lowest BCUT2D eigenvalue weighted by Gasteiger charge is -2.16. The van der Waals surface area contributed by atoms with Crippen molar-refractivity contribution >= 4 is 23.3 Å². The Hall–Kier alpha value is -2.96. The summed E-state index contributed by atoms with van der Waals surface area (Å²) in [5.74, 6) is -1.07. The Morgan fingerprint density at radius 2 is 1.73 bits per heavy atom. The van der Waals surface area contributed by atoms with Gasteiger partial charge in [-0.3, -0.25) is 14.3 Å². The summed E-state index contributed by atoms with van der Waals surface area (Å²) < 4.78 is 6.72. The van der Waals surface area contributed by atoms with Crippen LogP contribution < -0.4 is 5.32 Å². The summed E-state index contributed by atoms with van der Waals surface area (Å²) in [5, 5.41) is 6.74. The van der Waals surface area contributed by atoms with Crippen LogP contribution in [0.5, 0.6) is 0 Å². The highest BCUT2D eigenvalue weighted by Gasteiger charge is 2.24. The third-order valence-electron chi connectivity index (χ3n) is 3.89. The van der Waals surface area contributed by atoms with Crippen molar-refractivity contribution < 1.29 is 19.1 Å². The fourth-order valence-electron chi connectivity index (χ4n) is 2.18. The molecular formula is C19H23N3O4. The standard InChI is InChI=1S/C19H23N3O4/c1-12(2)18(24)21-16-8-6-15(7-9-16)17(23)14(4)26-19(25)13(3)22-11-5-10-20-22/h5-14H,1-4H3,(H,21,24)/t13-,14-/m0/s1. The molecule has 1 heterocycles. The van der Waals surface area contributed by atoms with Crippen LogP contribution in [0.2, 0.25) is 0 Å². The molecule has 138 valence electrons. The van der Waals surface area contributed by atoms with Crippen molar-refractivity contribution in [1.29, 1.82) is 0 Å². The normalized spacial score (nSPS) is 13.1. The number of Topliss-reactive ketones (excluding diaryl/α,β-unsaturated/α-hetero) is 1. The molecule has 1 aromatic carbocycles. The van der Waals surface area contributed by atoms with Crippen molar-refractivity contribution in [2.45, 2.75) is 39.8 Å². The Morgan fingerprint density at radius 3 is 2.27 bits per heavy atom. The number of rotatable bonds is 7. The van der Waals surface area contributed by atoms with E-state index in [-0.39, 0.29) is 17.6 Å². The van der Waals surface area contributed by atoms with E-state index in [0.717, 1.165) is 0 Å². The Labute approximate surface area is 152 Å². The van der Waals surface area contributed by atoms with Crippen LogP contribution in [0.3, 0.4) is 0 Å². The summed E-state index contributed by atoms with van der Waals surface area (Å²) >= 11 is 0. The first-order valence-electron chi connectivity index (χ1n) is 8.44. The van der Waals surface area contributed by atoms with E-state index in [9.17, 15) is 14.4 Å². The molecule has 0 aliphatic rings. The molecule has 0 saturated carbocycles. The third kappa shape index (κ3) is 4.78. The zero-order chi connectivity index (χ0) is 19.3. The van der Waals surface area contributed by atoms with Crippen molar-refractivity contribution in [2.75, 3.05) is 5.32 Å². The zero-order valence-corrected chi connectivity index (χ0v) is 15.3. The molecule has 0 unspecified atom stereocenters. The summed E-state index contributed by atoms with van der Waals surface area (Å²) in [6.45, 7) is 6.78. The Kier molecular flexibility index (Phi) is 6.27. The molecule has 26 heavy (non-hydrogen) atoms. The van der Waals surface area contributed by atoms with Crippen molar-refractivity contribution in [1.82, 2.24) is 9.78 Å².